The lowest BCUT2D eigenvalue weighted by molar-refractivity contribution is -0.925. The van der Waals surface area contributed by atoms with Crippen molar-refractivity contribution in [2.75, 3.05) is 19.6 Å². The van der Waals surface area contributed by atoms with Gasteiger partial charge in [-0.2, -0.15) is 0 Å². The molecule has 106 valence electrons. The van der Waals surface area contributed by atoms with Crippen LogP contribution in [0.5, 0.6) is 0 Å². The number of amides is 1. The maximum Gasteiger partial charge on any atom is 0.222 e. The van der Waals surface area contributed by atoms with Crippen LogP contribution in [0.15, 0.2) is 0 Å². The fourth-order valence-corrected chi connectivity index (χ4v) is 5.55. The molecule has 4 fully saturated rings. The van der Waals surface area contributed by atoms with Gasteiger partial charge in [0.05, 0.1) is 19.1 Å². The fraction of sp³-hybridized carbons (Fsp3) is 0.933. The number of carbonyl (C=O) groups is 1. The van der Waals surface area contributed by atoms with Crippen molar-refractivity contribution in [2.24, 2.45) is 11.8 Å². The highest BCUT2D eigenvalue weighted by molar-refractivity contribution is 5.77. The highest BCUT2D eigenvalue weighted by Crippen LogP contribution is 2.47. The number of nitrogens with zero attached hydrogens (tertiary/aromatic N) is 2. The minimum Gasteiger partial charge on any atom is -0.633 e. The van der Waals surface area contributed by atoms with Crippen molar-refractivity contribution in [2.45, 2.75) is 57.0 Å². The van der Waals surface area contributed by atoms with E-state index in [1.54, 1.807) is 0 Å². The van der Waals surface area contributed by atoms with Gasteiger partial charge in [0.1, 0.15) is 0 Å². The van der Waals surface area contributed by atoms with E-state index in [2.05, 4.69) is 4.90 Å². The molecule has 1 unspecified atom stereocenters. The third kappa shape index (κ3) is 1.69. The van der Waals surface area contributed by atoms with E-state index in [1.165, 1.54) is 12.8 Å². The van der Waals surface area contributed by atoms with Crippen LogP contribution >= 0.6 is 0 Å². The molecule has 4 aliphatic heterocycles. The van der Waals surface area contributed by atoms with E-state index in [4.69, 9.17) is 0 Å². The Morgan fingerprint density at radius 2 is 1.89 bits per heavy atom. The number of fused-ring (bicyclic) bond motifs is 2. The van der Waals surface area contributed by atoms with Gasteiger partial charge in [-0.15, -0.1) is 0 Å². The maximum absolute atomic E-state index is 13.1. The van der Waals surface area contributed by atoms with Gasteiger partial charge < -0.3 is 14.8 Å². The molecule has 4 heterocycles. The molecular formula is C15H24N2O2. The quantitative estimate of drug-likeness (QED) is 0.495. The van der Waals surface area contributed by atoms with Crippen LogP contribution in [0.3, 0.4) is 0 Å². The molecule has 0 spiro atoms. The number of piperidine rings is 4. The first kappa shape index (κ1) is 12.2. The maximum atomic E-state index is 13.1. The van der Waals surface area contributed by atoms with Crippen LogP contribution in [0.25, 0.3) is 0 Å². The van der Waals surface area contributed by atoms with Gasteiger partial charge in [-0.1, -0.05) is 0 Å². The average molecular weight is 264 g/mol. The summed E-state index contributed by atoms with van der Waals surface area (Å²) < 4.78 is 0.0772. The minimum atomic E-state index is 0.0772. The zero-order valence-corrected chi connectivity index (χ0v) is 11.6. The highest BCUT2D eigenvalue weighted by Gasteiger charge is 2.55. The molecule has 5 atom stereocenters. The van der Waals surface area contributed by atoms with Crippen LogP contribution in [-0.2, 0) is 4.79 Å². The Kier molecular flexibility index (Phi) is 2.68. The van der Waals surface area contributed by atoms with Crippen molar-refractivity contribution in [1.29, 1.82) is 0 Å². The summed E-state index contributed by atoms with van der Waals surface area (Å²) in [5.41, 5.74) is 0. The van der Waals surface area contributed by atoms with Gasteiger partial charge in [0, 0.05) is 30.8 Å². The number of hydroxylamine groups is 3. The van der Waals surface area contributed by atoms with Gasteiger partial charge in [-0.3, -0.25) is 4.79 Å². The second kappa shape index (κ2) is 4.19. The topological polar surface area (TPSA) is 43.4 Å². The van der Waals surface area contributed by atoms with Gasteiger partial charge in [0.15, 0.2) is 0 Å². The van der Waals surface area contributed by atoms with Gasteiger partial charge in [-0.05, 0) is 38.5 Å². The molecule has 0 N–H and O–H groups in total. The van der Waals surface area contributed by atoms with Crippen molar-refractivity contribution in [3.8, 4) is 0 Å². The van der Waals surface area contributed by atoms with Crippen molar-refractivity contribution < 1.29 is 9.44 Å². The summed E-state index contributed by atoms with van der Waals surface area (Å²) >= 11 is 0. The smallest absolute Gasteiger partial charge is 0.222 e. The first-order valence-corrected chi connectivity index (χ1v) is 8.06. The van der Waals surface area contributed by atoms with Crippen LogP contribution in [0.4, 0.5) is 0 Å². The van der Waals surface area contributed by atoms with Crippen molar-refractivity contribution in [3.63, 3.8) is 0 Å². The largest absolute Gasteiger partial charge is 0.633 e. The van der Waals surface area contributed by atoms with Gasteiger partial charge in [-0.25, -0.2) is 0 Å². The zero-order chi connectivity index (χ0) is 13.0. The van der Waals surface area contributed by atoms with Gasteiger partial charge >= 0.3 is 0 Å². The van der Waals surface area contributed by atoms with E-state index in [0.29, 0.717) is 29.8 Å². The van der Waals surface area contributed by atoms with E-state index in [0.717, 1.165) is 51.7 Å². The summed E-state index contributed by atoms with van der Waals surface area (Å²) in [5, 5.41) is 13.1. The van der Waals surface area contributed by atoms with E-state index in [1.807, 2.05) is 0 Å². The summed E-state index contributed by atoms with van der Waals surface area (Å²) in [6.45, 7) is 2.55. The van der Waals surface area contributed by atoms with E-state index in [9.17, 15) is 10.0 Å². The molecule has 19 heavy (non-hydrogen) atoms. The predicted octanol–water partition coefficient (Wildman–Crippen LogP) is 1.88. The zero-order valence-electron chi connectivity index (χ0n) is 11.6. The summed E-state index contributed by atoms with van der Waals surface area (Å²) in [6, 6.07) is 0.710. The second-order valence-corrected chi connectivity index (χ2v) is 7.10. The highest BCUT2D eigenvalue weighted by atomic mass is 16.5. The molecule has 4 nitrogen and oxygen atoms in total. The predicted molar refractivity (Wildman–Crippen MR) is 71.9 cm³/mol. The number of carbonyl (C=O) groups excluding carboxylic acids is 1. The SMILES string of the molecule is O=C1CCC[C@@H]2[C@@H]3CCC[N@+]4([O-])CCC[C@H](CN12)C34. The van der Waals surface area contributed by atoms with Crippen molar-refractivity contribution in [1.82, 2.24) is 4.90 Å². The summed E-state index contributed by atoms with van der Waals surface area (Å²) in [5.74, 6) is 1.33. The lowest BCUT2D eigenvalue weighted by atomic mass is 9.67. The van der Waals surface area contributed by atoms with Gasteiger partial charge in [0.25, 0.3) is 0 Å². The van der Waals surface area contributed by atoms with Crippen molar-refractivity contribution >= 4 is 5.91 Å². The number of quaternary nitrogens is 1. The Balaban J connectivity index is 1.69. The summed E-state index contributed by atoms with van der Waals surface area (Å²) in [7, 11) is 0. The van der Waals surface area contributed by atoms with Gasteiger partial charge in [0.2, 0.25) is 5.91 Å². The molecular weight excluding hydrogens is 240 g/mol. The number of rotatable bonds is 0. The molecule has 0 aromatic carbocycles. The first-order chi connectivity index (χ1) is 9.19. The molecule has 4 aliphatic rings. The summed E-state index contributed by atoms with van der Waals surface area (Å²) in [6.07, 6.45) is 7.38. The van der Waals surface area contributed by atoms with Crippen LogP contribution in [0, 0.1) is 17.0 Å². The normalized spacial score (nSPS) is 49.5. The van der Waals surface area contributed by atoms with Crippen LogP contribution in [0.1, 0.15) is 44.9 Å². The fourth-order valence-electron chi connectivity index (χ4n) is 5.55. The molecule has 0 aromatic heterocycles. The van der Waals surface area contributed by atoms with Crippen molar-refractivity contribution in [3.05, 3.63) is 5.21 Å². The number of hydrogen-bond donors (Lipinski definition) is 0. The number of hydrogen-bond acceptors (Lipinski definition) is 2. The Bertz CT molecular complexity index is 396. The van der Waals surface area contributed by atoms with Crippen LogP contribution < -0.4 is 0 Å². The standard InChI is InChI=1S/C15H24N2O2/c18-14-7-1-6-13-12-5-3-9-17(19)8-2-4-11(15(12)17)10-16(13)14/h11-13,15H,1-10H2/t11-,12+,13-,15?,17-/m1/s1. The second-order valence-electron chi connectivity index (χ2n) is 7.10. The molecule has 0 saturated carbocycles. The lowest BCUT2D eigenvalue weighted by Gasteiger charge is -2.64. The summed E-state index contributed by atoms with van der Waals surface area (Å²) in [4.78, 5) is 14.3. The lowest BCUT2D eigenvalue weighted by Crippen LogP contribution is -2.71. The Morgan fingerprint density at radius 1 is 1.11 bits per heavy atom. The molecule has 0 aliphatic carbocycles. The van der Waals surface area contributed by atoms with E-state index < -0.39 is 0 Å². The molecule has 0 bridgehead atoms. The van der Waals surface area contributed by atoms with Crippen LogP contribution in [0.2, 0.25) is 0 Å². The van der Waals surface area contributed by atoms with E-state index >= 15 is 0 Å². The monoisotopic (exact) mass is 264 g/mol. The molecule has 4 heteroatoms. The Morgan fingerprint density at radius 3 is 2.74 bits per heavy atom. The molecule has 1 amide bonds. The Labute approximate surface area is 114 Å². The third-order valence-corrected chi connectivity index (χ3v) is 6.19. The molecule has 0 aromatic rings. The van der Waals surface area contributed by atoms with E-state index in [-0.39, 0.29) is 4.65 Å². The Hall–Kier alpha value is -0.610. The average Bonchev–Trinajstić information content (AvgIpc) is 2.40. The molecule has 4 rings (SSSR count). The van der Waals surface area contributed by atoms with Crippen LogP contribution in [-0.4, -0.2) is 47.2 Å². The first-order valence-electron chi connectivity index (χ1n) is 8.06. The molecule has 0 radical (unpaired) electrons. The molecule has 4 saturated heterocycles. The third-order valence-electron chi connectivity index (χ3n) is 6.19. The minimum absolute atomic E-state index is 0.0772.